The van der Waals surface area contributed by atoms with Crippen molar-refractivity contribution in [2.75, 3.05) is 25.0 Å². The fourth-order valence-corrected chi connectivity index (χ4v) is 4.78. The Morgan fingerprint density at radius 1 is 1.20 bits per heavy atom. The summed E-state index contributed by atoms with van der Waals surface area (Å²) in [6, 6.07) is 5.06. The third-order valence-corrected chi connectivity index (χ3v) is 6.70. The summed E-state index contributed by atoms with van der Waals surface area (Å²) in [4.78, 5) is 21.6. The summed E-state index contributed by atoms with van der Waals surface area (Å²) in [5, 5.41) is 4.30. The molecule has 0 N–H and O–H groups in total. The van der Waals surface area contributed by atoms with Crippen molar-refractivity contribution in [1.82, 2.24) is 19.5 Å². The molecule has 0 bridgehead atoms. The molecule has 2 aromatic heterocycles. The first-order valence-corrected chi connectivity index (χ1v) is 12.4. The summed E-state index contributed by atoms with van der Waals surface area (Å²) in [7, 11) is 1.80. The molecule has 3 heterocycles. The minimum atomic E-state index is -0.458. The van der Waals surface area contributed by atoms with Crippen LogP contribution >= 0.6 is 0 Å². The molecule has 3 aromatic rings. The second-order valence-electron chi connectivity index (χ2n) is 9.20. The maximum atomic E-state index is 14.5. The molecule has 1 aromatic carbocycles. The molecule has 1 atom stereocenters. The SMILES string of the molecule is C=CCCCCCCCN(C)C(=O)c1cnn2ccc(N3CCC[C@@H]3c3cc(F)ccc3F)nc12. The van der Waals surface area contributed by atoms with Crippen LogP contribution in [-0.2, 0) is 0 Å². The first-order valence-electron chi connectivity index (χ1n) is 12.4. The van der Waals surface area contributed by atoms with E-state index in [9.17, 15) is 13.6 Å². The van der Waals surface area contributed by atoms with Crippen LogP contribution in [0.1, 0.15) is 73.3 Å². The van der Waals surface area contributed by atoms with Crippen molar-refractivity contribution in [3.63, 3.8) is 0 Å². The van der Waals surface area contributed by atoms with E-state index >= 15 is 0 Å². The van der Waals surface area contributed by atoms with Gasteiger partial charge in [-0.25, -0.2) is 18.3 Å². The molecule has 6 nitrogen and oxygen atoms in total. The minimum Gasteiger partial charge on any atom is -0.349 e. The smallest absolute Gasteiger partial charge is 0.259 e. The Balaban J connectivity index is 1.47. The van der Waals surface area contributed by atoms with Gasteiger partial charge in [0.05, 0.1) is 12.2 Å². The maximum Gasteiger partial charge on any atom is 0.259 e. The number of rotatable bonds is 11. The van der Waals surface area contributed by atoms with E-state index in [1.807, 2.05) is 11.0 Å². The number of benzene rings is 1. The third kappa shape index (κ3) is 5.69. The van der Waals surface area contributed by atoms with Crippen molar-refractivity contribution >= 4 is 17.4 Å². The number of fused-ring (bicyclic) bond motifs is 1. The van der Waals surface area contributed by atoms with Crippen molar-refractivity contribution in [3.05, 3.63) is 72.1 Å². The molecule has 0 unspecified atom stereocenters. The van der Waals surface area contributed by atoms with Crippen LogP contribution < -0.4 is 4.90 Å². The molecule has 0 aliphatic carbocycles. The fraction of sp³-hybridized carbons (Fsp3) is 0.444. The second-order valence-corrected chi connectivity index (χ2v) is 9.20. The number of hydrogen-bond donors (Lipinski definition) is 0. The van der Waals surface area contributed by atoms with Gasteiger partial charge < -0.3 is 9.80 Å². The van der Waals surface area contributed by atoms with Crippen LogP contribution in [0.4, 0.5) is 14.6 Å². The minimum absolute atomic E-state index is 0.120. The largest absolute Gasteiger partial charge is 0.349 e. The number of unbranched alkanes of at least 4 members (excludes halogenated alkanes) is 5. The first-order chi connectivity index (χ1) is 17.0. The van der Waals surface area contributed by atoms with Gasteiger partial charge in [-0.05, 0) is 56.4 Å². The number of hydrogen-bond acceptors (Lipinski definition) is 4. The van der Waals surface area contributed by atoms with Crippen molar-refractivity contribution < 1.29 is 13.6 Å². The average Bonchev–Trinajstić information content (AvgIpc) is 3.51. The molecule has 0 radical (unpaired) electrons. The van der Waals surface area contributed by atoms with E-state index < -0.39 is 11.6 Å². The van der Waals surface area contributed by atoms with Gasteiger partial charge in [-0.1, -0.05) is 25.3 Å². The van der Waals surface area contributed by atoms with E-state index in [4.69, 9.17) is 4.98 Å². The van der Waals surface area contributed by atoms with E-state index in [0.29, 0.717) is 42.1 Å². The number of carbonyl (C=O) groups is 1. The van der Waals surface area contributed by atoms with Gasteiger partial charge in [0, 0.05) is 31.9 Å². The summed E-state index contributed by atoms with van der Waals surface area (Å²) in [5.74, 6) is -0.377. The van der Waals surface area contributed by atoms with Crippen LogP contribution in [0.15, 0.2) is 49.3 Å². The molecule has 0 spiro atoms. The number of anilines is 1. The Morgan fingerprint density at radius 3 is 2.83 bits per heavy atom. The molecule has 0 saturated carbocycles. The van der Waals surface area contributed by atoms with Crippen LogP contribution in [0, 0.1) is 11.6 Å². The summed E-state index contributed by atoms with van der Waals surface area (Å²) in [5.41, 5.74) is 1.24. The van der Waals surface area contributed by atoms with Gasteiger partial charge in [-0.2, -0.15) is 5.10 Å². The van der Waals surface area contributed by atoms with E-state index in [2.05, 4.69) is 11.7 Å². The first kappa shape index (κ1) is 24.8. The van der Waals surface area contributed by atoms with Gasteiger partial charge in [-0.15, -0.1) is 6.58 Å². The second kappa shape index (κ2) is 11.4. The molecule has 1 aliphatic rings. The molecule has 186 valence electrons. The van der Waals surface area contributed by atoms with Gasteiger partial charge in [0.1, 0.15) is 23.0 Å². The Morgan fingerprint density at radius 2 is 2.00 bits per heavy atom. The van der Waals surface area contributed by atoms with Crippen LogP contribution in [0.5, 0.6) is 0 Å². The lowest BCUT2D eigenvalue weighted by molar-refractivity contribution is 0.0794. The molecular formula is C27H33F2N5O. The summed E-state index contributed by atoms with van der Waals surface area (Å²) in [6.07, 6.45) is 13.4. The summed E-state index contributed by atoms with van der Waals surface area (Å²) in [6.45, 7) is 5.09. The van der Waals surface area contributed by atoms with E-state index in [-0.39, 0.29) is 11.9 Å². The van der Waals surface area contributed by atoms with Crippen molar-refractivity contribution in [2.24, 2.45) is 0 Å². The Labute approximate surface area is 205 Å². The Kier molecular flexibility index (Phi) is 8.10. The molecule has 1 saturated heterocycles. The molecule has 4 rings (SSSR count). The van der Waals surface area contributed by atoms with Gasteiger partial charge in [0.15, 0.2) is 5.65 Å². The Bertz CT molecular complexity index is 1180. The molecule has 1 aliphatic heterocycles. The van der Waals surface area contributed by atoms with Crippen LogP contribution in [-0.4, -0.2) is 45.5 Å². The summed E-state index contributed by atoms with van der Waals surface area (Å²) >= 11 is 0. The lowest BCUT2D eigenvalue weighted by Crippen LogP contribution is -2.28. The van der Waals surface area contributed by atoms with Crippen molar-refractivity contribution in [3.8, 4) is 0 Å². The number of allylic oxidation sites excluding steroid dienone is 1. The molecule has 8 heteroatoms. The highest BCUT2D eigenvalue weighted by Crippen LogP contribution is 2.36. The fourth-order valence-electron chi connectivity index (χ4n) is 4.78. The predicted molar refractivity (Wildman–Crippen MR) is 134 cm³/mol. The lowest BCUT2D eigenvalue weighted by Gasteiger charge is -2.26. The van der Waals surface area contributed by atoms with E-state index in [0.717, 1.165) is 38.2 Å². The molecule has 1 amide bonds. The van der Waals surface area contributed by atoms with Gasteiger partial charge in [0.2, 0.25) is 0 Å². The predicted octanol–water partition coefficient (Wildman–Crippen LogP) is 5.95. The average molecular weight is 482 g/mol. The number of aromatic nitrogens is 3. The number of nitrogens with zero attached hydrogens (tertiary/aromatic N) is 5. The highest BCUT2D eigenvalue weighted by Gasteiger charge is 2.30. The van der Waals surface area contributed by atoms with Gasteiger partial charge >= 0.3 is 0 Å². The van der Waals surface area contributed by atoms with E-state index in [1.54, 1.807) is 34.9 Å². The normalized spacial score (nSPS) is 15.6. The van der Waals surface area contributed by atoms with Crippen molar-refractivity contribution in [1.29, 1.82) is 0 Å². The Hall–Kier alpha value is -3.29. The zero-order chi connectivity index (χ0) is 24.8. The highest BCUT2D eigenvalue weighted by molar-refractivity contribution is 5.99. The third-order valence-electron chi connectivity index (χ3n) is 6.70. The standard InChI is InChI=1S/C27H33F2N5O/c1-3-4-5-6-7-8-9-15-32(2)27(35)22-19-30-34-17-14-25(31-26(22)34)33-16-10-11-24(33)21-18-20(28)12-13-23(21)29/h3,12-14,17-19,24H,1,4-11,15-16H2,2H3/t24-/m1/s1. The summed E-state index contributed by atoms with van der Waals surface area (Å²) < 4.78 is 29.9. The highest BCUT2D eigenvalue weighted by atomic mass is 19.1. The number of amides is 1. The lowest BCUT2D eigenvalue weighted by atomic mass is 10.0. The molecular weight excluding hydrogens is 448 g/mol. The number of carbonyl (C=O) groups excluding carboxylic acids is 1. The van der Waals surface area contributed by atoms with Crippen molar-refractivity contribution in [2.45, 2.75) is 57.4 Å². The monoisotopic (exact) mass is 481 g/mol. The van der Waals surface area contributed by atoms with Crippen LogP contribution in [0.25, 0.3) is 5.65 Å². The van der Waals surface area contributed by atoms with Gasteiger partial charge in [-0.3, -0.25) is 4.79 Å². The topological polar surface area (TPSA) is 53.7 Å². The van der Waals surface area contributed by atoms with Crippen LogP contribution in [0.3, 0.4) is 0 Å². The molecule has 35 heavy (non-hydrogen) atoms. The van der Waals surface area contributed by atoms with Gasteiger partial charge in [0.25, 0.3) is 5.91 Å². The van der Waals surface area contributed by atoms with E-state index in [1.165, 1.54) is 25.0 Å². The van der Waals surface area contributed by atoms with Crippen LogP contribution in [0.2, 0.25) is 0 Å². The zero-order valence-corrected chi connectivity index (χ0v) is 20.3. The maximum absolute atomic E-state index is 14.5. The zero-order valence-electron chi connectivity index (χ0n) is 20.3. The number of halogens is 2. The quantitative estimate of drug-likeness (QED) is 0.251. The molecule has 1 fully saturated rings.